The van der Waals surface area contributed by atoms with Crippen LogP contribution in [0.5, 0.6) is 0 Å². The van der Waals surface area contributed by atoms with Gasteiger partial charge in [-0.05, 0) is 31.0 Å². The number of hydrogen-bond acceptors (Lipinski definition) is 5. The van der Waals surface area contributed by atoms with Crippen molar-refractivity contribution < 1.29 is 14.4 Å². The highest BCUT2D eigenvalue weighted by Crippen LogP contribution is 2.33. The van der Waals surface area contributed by atoms with Gasteiger partial charge in [0.05, 0.1) is 11.1 Å². The van der Waals surface area contributed by atoms with Crippen molar-refractivity contribution in [2.24, 2.45) is 0 Å². The summed E-state index contributed by atoms with van der Waals surface area (Å²) < 4.78 is 1.14. The Morgan fingerprint density at radius 1 is 0.906 bits per heavy atom. The molecule has 3 aromatic rings. The van der Waals surface area contributed by atoms with Gasteiger partial charge in [0.2, 0.25) is 0 Å². The van der Waals surface area contributed by atoms with Crippen molar-refractivity contribution >= 4 is 28.6 Å². The zero-order valence-corrected chi connectivity index (χ0v) is 17.2. The summed E-state index contributed by atoms with van der Waals surface area (Å²) in [7, 11) is 0. The molecule has 1 spiro atoms. The molecule has 0 bridgehead atoms. The van der Waals surface area contributed by atoms with E-state index in [0.29, 0.717) is 29.3 Å². The number of nitrogens with one attached hydrogen (secondary N) is 2. The first-order valence-corrected chi connectivity index (χ1v) is 10.6. The number of carbonyl (C=O) groups excluding carboxylic acids is 3. The summed E-state index contributed by atoms with van der Waals surface area (Å²) in [6.07, 6.45) is 3.77. The Balaban J connectivity index is 1.54. The lowest BCUT2D eigenvalue weighted by Crippen LogP contribution is -2.51. The number of hydrazine groups is 1. The van der Waals surface area contributed by atoms with Crippen LogP contribution < -0.4 is 16.3 Å². The van der Waals surface area contributed by atoms with Crippen LogP contribution in [0, 0.1) is 0 Å². The SMILES string of the molecule is O=C(NN1C(=O)NC2(CCCCC2)C1=O)c1nn(-c2ccccc2)c(=O)c2ccccc12. The van der Waals surface area contributed by atoms with Gasteiger partial charge >= 0.3 is 6.03 Å². The molecule has 9 heteroatoms. The zero-order valence-electron chi connectivity index (χ0n) is 17.2. The molecule has 1 aliphatic heterocycles. The number of para-hydroxylation sites is 1. The van der Waals surface area contributed by atoms with Crippen LogP contribution in [0.3, 0.4) is 0 Å². The first-order valence-electron chi connectivity index (χ1n) is 10.6. The van der Waals surface area contributed by atoms with Gasteiger partial charge in [-0.3, -0.25) is 19.8 Å². The fraction of sp³-hybridized carbons (Fsp3) is 0.261. The van der Waals surface area contributed by atoms with Gasteiger partial charge in [0.15, 0.2) is 5.69 Å². The Labute approximate surface area is 183 Å². The Bertz CT molecular complexity index is 1290. The molecule has 2 aromatic carbocycles. The number of benzene rings is 2. The number of fused-ring (bicyclic) bond motifs is 1. The minimum absolute atomic E-state index is 0.0609. The second-order valence-electron chi connectivity index (χ2n) is 8.10. The average molecular weight is 431 g/mol. The second kappa shape index (κ2) is 7.60. The highest BCUT2D eigenvalue weighted by molar-refractivity contribution is 6.11. The molecule has 1 aliphatic carbocycles. The highest BCUT2D eigenvalue weighted by atomic mass is 16.2. The molecule has 0 atom stereocenters. The van der Waals surface area contributed by atoms with Crippen molar-refractivity contribution in [1.29, 1.82) is 0 Å². The monoisotopic (exact) mass is 431 g/mol. The van der Waals surface area contributed by atoms with E-state index in [1.807, 2.05) is 6.07 Å². The third kappa shape index (κ3) is 3.13. The zero-order chi connectivity index (χ0) is 22.3. The molecule has 9 nitrogen and oxygen atoms in total. The molecule has 1 saturated carbocycles. The molecule has 2 N–H and O–H groups in total. The van der Waals surface area contributed by atoms with Crippen molar-refractivity contribution in [2.45, 2.75) is 37.6 Å². The number of rotatable bonds is 3. The number of carbonyl (C=O) groups is 3. The third-order valence-corrected chi connectivity index (χ3v) is 6.10. The van der Waals surface area contributed by atoms with Gasteiger partial charge in [0, 0.05) is 5.39 Å². The fourth-order valence-corrected chi connectivity index (χ4v) is 4.47. The van der Waals surface area contributed by atoms with Crippen LogP contribution in [-0.2, 0) is 4.79 Å². The maximum atomic E-state index is 13.2. The maximum absolute atomic E-state index is 13.2. The second-order valence-corrected chi connectivity index (χ2v) is 8.10. The molecule has 2 aliphatic rings. The molecule has 2 heterocycles. The van der Waals surface area contributed by atoms with E-state index in [1.165, 1.54) is 0 Å². The Morgan fingerprint density at radius 2 is 1.56 bits per heavy atom. The Morgan fingerprint density at radius 3 is 2.28 bits per heavy atom. The third-order valence-electron chi connectivity index (χ3n) is 6.10. The number of aromatic nitrogens is 2. The first-order chi connectivity index (χ1) is 15.5. The van der Waals surface area contributed by atoms with Gasteiger partial charge in [0.25, 0.3) is 17.4 Å². The Hall–Kier alpha value is -4.01. The standard InChI is InChI=1S/C23H21N5O4/c29-19(26-28-21(31)23(24-22(28)32)13-7-2-8-14-23)18-16-11-5-6-12-17(16)20(30)27(25-18)15-9-3-1-4-10-15/h1,3-6,9-12H,2,7-8,13-14H2,(H,24,32)(H,26,29). The normalized spacial score (nSPS) is 17.6. The summed E-state index contributed by atoms with van der Waals surface area (Å²) in [5.74, 6) is -1.21. The van der Waals surface area contributed by atoms with E-state index >= 15 is 0 Å². The topological polar surface area (TPSA) is 113 Å². The predicted octanol–water partition coefficient (Wildman–Crippen LogP) is 2.29. The van der Waals surface area contributed by atoms with E-state index in [9.17, 15) is 19.2 Å². The van der Waals surface area contributed by atoms with Crippen molar-refractivity contribution in [3.05, 3.63) is 70.6 Å². The van der Waals surface area contributed by atoms with Crippen LogP contribution in [0.25, 0.3) is 16.5 Å². The van der Waals surface area contributed by atoms with Gasteiger partial charge in [-0.25, -0.2) is 4.79 Å². The molecule has 4 amide bonds. The van der Waals surface area contributed by atoms with Gasteiger partial charge in [-0.1, -0.05) is 55.7 Å². The minimum atomic E-state index is -0.957. The smallest absolute Gasteiger partial charge is 0.322 e. The lowest BCUT2D eigenvalue weighted by molar-refractivity contribution is -0.134. The van der Waals surface area contributed by atoms with E-state index < -0.39 is 23.4 Å². The van der Waals surface area contributed by atoms with Crippen molar-refractivity contribution in [1.82, 2.24) is 25.5 Å². The van der Waals surface area contributed by atoms with Crippen molar-refractivity contribution in [3.63, 3.8) is 0 Å². The van der Waals surface area contributed by atoms with Crippen LogP contribution in [0.4, 0.5) is 4.79 Å². The largest absolute Gasteiger partial charge is 0.344 e. The summed E-state index contributed by atoms with van der Waals surface area (Å²) in [6.45, 7) is 0. The first kappa shape index (κ1) is 19.9. The van der Waals surface area contributed by atoms with Crippen LogP contribution in [-0.4, -0.2) is 38.2 Å². The van der Waals surface area contributed by atoms with E-state index in [0.717, 1.165) is 29.0 Å². The number of hydrogen-bond donors (Lipinski definition) is 2. The van der Waals surface area contributed by atoms with Gasteiger partial charge < -0.3 is 5.32 Å². The molecule has 1 aromatic heterocycles. The van der Waals surface area contributed by atoms with Crippen LogP contribution >= 0.6 is 0 Å². The van der Waals surface area contributed by atoms with E-state index in [1.54, 1.807) is 48.5 Å². The number of nitrogens with zero attached hydrogens (tertiary/aromatic N) is 3. The summed E-state index contributed by atoms with van der Waals surface area (Å²) >= 11 is 0. The van der Waals surface area contributed by atoms with Crippen molar-refractivity contribution in [3.8, 4) is 5.69 Å². The van der Waals surface area contributed by atoms with Gasteiger partial charge in [-0.2, -0.15) is 14.8 Å². The molecule has 162 valence electrons. The lowest BCUT2D eigenvalue weighted by atomic mass is 9.82. The summed E-state index contributed by atoms with van der Waals surface area (Å²) in [5, 5.41) is 8.42. The lowest BCUT2D eigenvalue weighted by Gasteiger charge is -2.30. The molecular formula is C23H21N5O4. The summed E-state index contributed by atoms with van der Waals surface area (Å²) in [5.41, 5.74) is 1.51. The molecule has 32 heavy (non-hydrogen) atoms. The average Bonchev–Trinajstić information content (AvgIpc) is 3.04. The number of amides is 4. The molecule has 1 saturated heterocycles. The maximum Gasteiger partial charge on any atom is 0.344 e. The fourth-order valence-electron chi connectivity index (χ4n) is 4.47. The molecule has 0 unspecified atom stereocenters. The predicted molar refractivity (Wildman–Crippen MR) is 116 cm³/mol. The number of urea groups is 1. The van der Waals surface area contributed by atoms with Crippen LogP contribution in [0.15, 0.2) is 59.4 Å². The number of imide groups is 1. The molecule has 2 fully saturated rings. The molecule has 0 radical (unpaired) electrons. The van der Waals surface area contributed by atoms with E-state index in [-0.39, 0.29) is 11.3 Å². The Kier molecular flexibility index (Phi) is 4.73. The molecule has 5 rings (SSSR count). The van der Waals surface area contributed by atoms with Crippen LogP contribution in [0.2, 0.25) is 0 Å². The molecular weight excluding hydrogens is 410 g/mol. The summed E-state index contributed by atoms with van der Waals surface area (Å²) in [6, 6.07) is 14.7. The van der Waals surface area contributed by atoms with Crippen LogP contribution in [0.1, 0.15) is 42.6 Å². The quantitative estimate of drug-likeness (QED) is 0.618. The minimum Gasteiger partial charge on any atom is -0.322 e. The van der Waals surface area contributed by atoms with Crippen molar-refractivity contribution in [2.75, 3.05) is 0 Å². The van der Waals surface area contributed by atoms with Gasteiger partial charge in [-0.15, -0.1) is 0 Å². The van der Waals surface area contributed by atoms with E-state index in [4.69, 9.17) is 0 Å². The van der Waals surface area contributed by atoms with Gasteiger partial charge in [0.1, 0.15) is 5.54 Å². The summed E-state index contributed by atoms with van der Waals surface area (Å²) in [4.78, 5) is 51.8. The van der Waals surface area contributed by atoms with E-state index in [2.05, 4.69) is 15.8 Å². The highest BCUT2D eigenvalue weighted by Gasteiger charge is 2.52.